The van der Waals surface area contributed by atoms with E-state index >= 15 is 0 Å². The molecule has 0 unspecified atom stereocenters. The summed E-state index contributed by atoms with van der Waals surface area (Å²) in [5.74, 6) is 0.878. The van der Waals surface area contributed by atoms with E-state index in [1.165, 1.54) is 11.8 Å². The highest BCUT2D eigenvalue weighted by Crippen LogP contribution is 2.23. The van der Waals surface area contributed by atoms with Gasteiger partial charge in [-0.2, -0.15) is 0 Å². The Labute approximate surface area is 154 Å². The normalized spacial score (nSPS) is 10.8. The number of aromatic nitrogens is 2. The van der Waals surface area contributed by atoms with E-state index in [2.05, 4.69) is 29.1 Å². The van der Waals surface area contributed by atoms with Crippen LogP contribution in [0.25, 0.3) is 0 Å². The van der Waals surface area contributed by atoms with Crippen LogP contribution in [0.3, 0.4) is 0 Å². The van der Waals surface area contributed by atoms with Crippen molar-refractivity contribution in [1.82, 2.24) is 15.3 Å². The molecule has 0 bridgehead atoms. The van der Waals surface area contributed by atoms with Gasteiger partial charge in [-0.1, -0.05) is 26.0 Å². The van der Waals surface area contributed by atoms with Crippen molar-refractivity contribution in [3.63, 3.8) is 0 Å². The molecule has 1 amide bonds. The van der Waals surface area contributed by atoms with Crippen LogP contribution < -0.4 is 10.2 Å². The summed E-state index contributed by atoms with van der Waals surface area (Å²) in [6.45, 7) is 6.45. The predicted molar refractivity (Wildman–Crippen MR) is 105 cm³/mol. The fourth-order valence-corrected chi connectivity index (χ4v) is 3.05. The largest absolute Gasteiger partial charge is 0.378 e. The molecule has 6 heteroatoms. The summed E-state index contributed by atoms with van der Waals surface area (Å²) in [4.78, 5) is 23.7. The Hall–Kier alpha value is -2.08. The van der Waals surface area contributed by atoms with Gasteiger partial charge in [-0.15, -0.1) is 11.8 Å². The third kappa shape index (κ3) is 4.72. The molecule has 0 atom stereocenters. The quantitative estimate of drug-likeness (QED) is 0.631. The molecule has 1 N–H and O–H groups in total. The number of hydrogen-bond donors (Lipinski definition) is 1. The van der Waals surface area contributed by atoms with E-state index in [0.29, 0.717) is 12.1 Å². The zero-order chi connectivity index (χ0) is 18.6. The van der Waals surface area contributed by atoms with Crippen molar-refractivity contribution in [3.8, 4) is 0 Å². The zero-order valence-electron chi connectivity index (χ0n) is 15.8. The Morgan fingerprint density at radius 1 is 1.20 bits per heavy atom. The highest BCUT2D eigenvalue weighted by Gasteiger charge is 2.19. The van der Waals surface area contributed by atoms with Gasteiger partial charge in [0.25, 0.3) is 5.91 Å². The number of benzene rings is 1. The molecule has 0 aliphatic rings. The summed E-state index contributed by atoms with van der Waals surface area (Å²) in [5.41, 5.74) is 3.49. The van der Waals surface area contributed by atoms with Crippen LogP contribution in [0.5, 0.6) is 0 Å². The second-order valence-electron chi connectivity index (χ2n) is 6.45. The fraction of sp³-hybridized carbons (Fsp3) is 0.421. The SMILES string of the molecule is CSc1nc(C(C)C)nc(C)c1C(=O)NCc1ccc(N(C)C)cc1. The van der Waals surface area contributed by atoms with Gasteiger partial charge < -0.3 is 10.2 Å². The fourth-order valence-electron chi connectivity index (χ4n) is 2.42. The maximum atomic E-state index is 12.7. The van der Waals surface area contributed by atoms with E-state index < -0.39 is 0 Å². The summed E-state index contributed by atoms with van der Waals surface area (Å²) in [7, 11) is 4.01. The van der Waals surface area contributed by atoms with E-state index in [1.807, 2.05) is 56.4 Å². The second kappa shape index (κ2) is 8.34. The highest BCUT2D eigenvalue weighted by molar-refractivity contribution is 7.98. The topological polar surface area (TPSA) is 58.1 Å². The number of nitrogens with zero attached hydrogens (tertiary/aromatic N) is 3. The van der Waals surface area contributed by atoms with Crippen molar-refractivity contribution in [3.05, 3.63) is 46.9 Å². The Bertz CT molecular complexity index is 742. The zero-order valence-corrected chi connectivity index (χ0v) is 16.6. The summed E-state index contributed by atoms with van der Waals surface area (Å²) in [6.07, 6.45) is 1.93. The number of thioether (sulfide) groups is 1. The number of carbonyl (C=O) groups is 1. The second-order valence-corrected chi connectivity index (χ2v) is 7.24. The smallest absolute Gasteiger partial charge is 0.256 e. The van der Waals surface area contributed by atoms with E-state index in [1.54, 1.807) is 0 Å². The van der Waals surface area contributed by atoms with Gasteiger partial charge in [0.05, 0.1) is 11.3 Å². The van der Waals surface area contributed by atoms with E-state index in [0.717, 1.165) is 27.8 Å². The minimum absolute atomic E-state index is 0.131. The Balaban J connectivity index is 2.15. The van der Waals surface area contributed by atoms with Crippen LogP contribution in [-0.2, 0) is 6.54 Å². The summed E-state index contributed by atoms with van der Waals surface area (Å²) in [5, 5.41) is 3.72. The van der Waals surface area contributed by atoms with Crippen LogP contribution in [0.4, 0.5) is 5.69 Å². The monoisotopic (exact) mass is 358 g/mol. The molecule has 0 aliphatic heterocycles. The molecular weight excluding hydrogens is 332 g/mol. The maximum absolute atomic E-state index is 12.7. The number of nitrogens with one attached hydrogen (secondary N) is 1. The molecule has 134 valence electrons. The standard InChI is InChI=1S/C19H26N4OS/c1-12(2)17-21-13(3)16(19(22-17)25-6)18(24)20-11-14-7-9-15(10-8-14)23(4)5/h7-10,12H,11H2,1-6H3,(H,20,24). The lowest BCUT2D eigenvalue weighted by Crippen LogP contribution is -2.25. The van der Waals surface area contributed by atoms with Gasteiger partial charge >= 0.3 is 0 Å². The molecule has 1 heterocycles. The molecule has 0 radical (unpaired) electrons. The van der Waals surface area contributed by atoms with Crippen LogP contribution in [0.1, 0.15) is 47.2 Å². The predicted octanol–water partition coefficient (Wildman–Crippen LogP) is 3.63. The van der Waals surface area contributed by atoms with Crippen molar-refractivity contribution in [1.29, 1.82) is 0 Å². The maximum Gasteiger partial charge on any atom is 0.256 e. The number of hydrogen-bond acceptors (Lipinski definition) is 5. The number of anilines is 1. The van der Waals surface area contributed by atoms with Crippen LogP contribution in [0.15, 0.2) is 29.3 Å². The summed E-state index contributed by atoms with van der Waals surface area (Å²) in [6, 6.07) is 8.13. The van der Waals surface area contributed by atoms with Gasteiger partial charge in [-0.05, 0) is 30.9 Å². The van der Waals surface area contributed by atoms with Crippen LogP contribution in [0.2, 0.25) is 0 Å². The number of rotatable bonds is 6. The Kier molecular flexibility index (Phi) is 6.42. The lowest BCUT2D eigenvalue weighted by Gasteiger charge is -2.14. The molecule has 5 nitrogen and oxygen atoms in total. The molecule has 1 aromatic carbocycles. The molecular formula is C19H26N4OS. The minimum Gasteiger partial charge on any atom is -0.378 e. The van der Waals surface area contributed by atoms with Crippen molar-refractivity contribution >= 4 is 23.4 Å². The lowest BCUT2D eigenvalue weighted by atomic mass is 10.1. The van der Waals surface area contributed by atoms with Gasteiger partial charge in [0.1, 0.15) is 10.9 Å². The van der Waals surface area contributed by atoms with Gasteiger partial charge in [0.15, 0.2) is 0 Å². The van der Waals surface area contributed by atoms with Crippen molar-refractivity contribution in [2.45, 2.75) is 38.3 Å². The molecule has 0 fully saturated rings. The molecule has 1 aromatic heterocycles. The van der Waals surface area contributed by atoms with Crippen LogP contribution in [0, 0.1) is 6.92 Å². The van der Waals surface area contributed by atoms with Gasteiger partial charge in [0.2, 0.25) is 0 Å². The Morgan fingerprint density at radius 2 is 1.84 bits per heavy atom. The first-order valence-corrected chi connectivity index (χ1v) is 9.53. The number of carbonyl (C=O) groups excluding carboxylic acids is 1. The number of amides is 1. The molecule has 0 saturated carbocycles. The lowest BCUT2D eigenvalue weighted by molar-refractivity contribution is 0.0946. The minimum atomic E-state index is -0.131. The molecule has 2 rings (SSSR count). The van der Waals surface area contributed by atoms with Crippen LogP contribution >= 0.6 is 11.8 Å². The van der Waals surface area contributed by atoms with Crippen molar-refractivity contribution < 1.29 is 4.79 Å². The molecule has 0 spiro atoms. The summed E-state index contributed by atoms with van der Waals surface area (Å²) >= 11 is 1.48. The third-order valence-corrected chi connectivity index (χ3v) is 4.60. The first-order valence-electron chi connectivity index (χ1n) is 8.30. The first-order chi connectivity index (χ1) is 11.8. The highest BCUT2D eigenvalue weighted by atomic mass is 32.2. The van der Waals surface area contributed by atoms with Crippen molar-refractivity contribution in [2.24, 2.45) is 0 Å². The summed E-state index contributed by atoms with van der Waals surface area (Å²) < 4.78 is 0. The van der Waals surface area contributed by atoms with E-state index in [9.17, 15) is 4.79 Å². The molecule has 25 heavy (non-hydrogen) atoms. The molecule has 0 aliphatic carbocycles. The first kappa shape index (κ1) is 19.2. The van der Waals surface area contributed by atoms with E-state index in [4.69, 9.17) is 0 Å². The van der Waals surface area contributed by atoms with Crippen LogP contribution in [-0.4, -0.2) is 36.2 Å². The number of aryl methyl sites for hydroxylation is 1. The average molecular weight is 359 g/mol. The van der Waals surface area contributed by atoms with Gasteiger partial charge in [-0.25, -0.2) is 9.97 Å². The van der Waals surface area contributed by atoms with Crippen molar-refractivity contribution in [2.75, 3.05) is 25.3 Å². The molecule has 0 saturated heterocycles. The Morgan fingerprint density at radius 3 is 2.36 bits per heavy atom. The van der Waals surface area contributed by atoms with Gasteiger partial charge in [0, 0.05) is 32.2 Å². The average Bonchev–Trinajstić information content (AvgIpc) is 2.59. The van der Waals surface area contributed by atoms with Gasteiger partial charge in [-0.3, -0.25) is 4.79 Å². The third-order valence-electron chi connectivity index (χ3n) is 3.92. The van der Waals surface area contributed by atoms with E-state index in [-0.39, 0.29) is 11.8 Å². The molecule has 2 aromatic rings.